The summed E-state index contributed by atoms with van der Waals surface area (Å²) in [6, 6.07) is 10.8. The molecule has 3 atom stereocenters. The molecule has 6 nitrogen and oxygen atoms in total. The number of fused-ring (bicyclic) bond motifs is 1. The number of rotatable bonds is 6. The smallest absolute Gasteiger partial charge is 0.338 e. The number of aryl methyl sites for hydroxylation is 4. The van der Waals surface area contributed by atoms with E-state index in [-0.39, 0.29) is 16.4 Å². The summed E-state index contributed by atoms with van der Waals surface area (Å²) in [6.07, 6.45) is 2.41. The minimum Gasteiger partial charge on any atom is -0.382 e. The van der Waals surface area contributed by atoms with Crippen LogP contribution in [0.3, 0.4) is 0 Å². The molecule has 5 rings (SSSR count). The second-order valence-electron chi connectivity index (χ2n) is 11.2. The average Bonchev–Trinajstić information content (AvgIpc) is 3.43. The first-order chi connectivity index (χ1) is 17.4. The van der Waals surface area contributed by atoms with Crippen molar-refractivity contribution in [2.45, 2.75) is 83.5 Å². The summed E-state index contributed by atoms with van der Waals surface area (Å²) < 4.78 is 45.2. The van der Waals surface area contributed by atoms with Gasteiger partial charge in [0, 0.05) is 11.8 Å². The maximum Gasteiger partial charge on any atom is 0.338 e. The third-order valence-corrected chi connectivity index (χ3v) is 9.20. The predicted octanol–water partition coefficient (Wildman–Crippen LogP) is 5.68. The monoisotopic (exact) mass is 524 g/mol. The molecule has 0 N–H and O–H groups in total. The number of carbonyl (C=O) groups is 1. The zero-order valence-corrected chi connectivity index (χ0v) is 23.3. The normalized spacial score (nSPS) is 26.8. The minimum atomic E-state index is -4.15. The quantitative estimate of drug-likeness (QED) is 0.453. The molecule has 1 saturated carbocycles. The van der Waals surface area contributed by atoms with Gasteiger partial charge in [-0.15, -0.1) is 0 Å². The molecule has 1 spiro atoms. The van der Waals surface area contributed by atoms with Crippen LogP contribution < -0.4 is 0 Å². The Kier molecular flexibility index (Phi) is 6.41. The summed E-state index contributed by atoms with van der Waals surface area (Å²) >= 11 is 0. The lowest BCUT2D eigenvalue weighted by Crippen LogP contribution is -2.32. The van der Waals surface area contributed by atoms with Crippen LogP contribution in [0, 0.1) is 25.7 Å². The van der Waals surface area contributed by atoms with Gasteiger partial charge in [0.25, 0.3) is 0 Å². The predicted molar refractivity (Wildman–Crippen MR) is 141 cm³/mol. The maximum atomic E-state index is 14.2. The molecular weight excluding hydrogens is 488 g/mol. The first-order valence-corrected chi connectivity index (χ1v) is 14.6. The highest BCUT2D eigenvalue weighted by Gasteiger charge is 2.60. The molecule has 37 heavy (non-hydrogen) atoms. The van der Waals surface area contributed by atoms with Crippen molar-refractivity contribution in [3.63, 3.8) is 0 Å². The average molecular weight is 525 g/mol. The van der Waals surface area contributed by atoms with E-state index in [2.05, 4.69) is 26.0 Å². The van der Waals surface area contributed by atoms with Gasteiger partial charge in [-0.05, 0) is 82.2 Å². The van der Waals surface area contributed by atoms with Gasteiger partial charge in [0.1, 0.15) is 10.7 Å². The summed E-state index contributed by atoms with van der Waals surface area (Å²) in [5, 5.41) is 0. The third-order valence-electron chi connectivity index (χ3n) is 7.95. The number of carbonyl (C=O) groups excluding carboxylic acids is 1. The molecule has 2 aromatic rings. The van der Waals surface area contributed by atoms with Crippen LogP contribution in [0.1, 0.15) is 68.4 Å². The molecule has 7 heteroatoms. The zero-order chi connectivity index (χ0) is 26.8. The first-order valence-electron chi connectivity index (χ1n) is 13.1. The van der Waals surface area contributed by atoms with Crippen molar-refractivity contribution in [3.05, 3.63) is 70.0 Å². The SMILES string of the molecule is CCc1cc(C)cc(CC)c1C1=C(OS(=O)(=O)c2ccc(C)cc2)C2C[C@@]3(COC(C)(C)O3)CC2C1=O. The molecule has 0 bridgehead atoms. The number of hydrogen-bond donors (Lipinski definition) is 0. The van der Waals surface area contributed by atoms with E-state index in [0.29, 0.717) is 25.0 Å². The Morgan fingerprint density at radius 1 is 0.946 bits per heavy atom. The number of hydrogen-bond acceptors (Lipinski definition) is 6. The Morgan fingerprint density at radius 3 is 2.08 bits per heavy atom. The summed E-state index contributed by atoms with van der Waals surface area (Å²) in [4.78, 5) is 14.2. The van der Waals surface area contributed by atoms with Gasteiger partial charge in [0.2, 0.25) is 0 Å². The van der Waals surface area contributed by atoms with Crippen LogP contribution in [0.5, 0.6) is 0 Å². The summed E-state index contributed by atoms with van der Waals surface area (Å²) in [7, 11) is -4.15. The Balaban J connectivity index is 1.67. The van der Waals surface area contributed by atoms with Crippen LogP contribution in [0.4, 0.5) is 0 Å². The highest BCUT2D eigenvalue weighted by molar-refractivity contribution is 7.86. The molecule has 0 radical (unpaired) electrons. The third kappa shape index (κ3) is 4.55. The van der Waals surface area contributed by atoms with Gasteiger partial charge >= 0.3 is 10.1 Å². The first kappa shape index (κ1) is 26.1. The Bertz CT molecular complexity index is 1360. The van der Waals surface area contributed by atoms with Gasteiger partial charge in [-0.25, -0.2) is 0 Å². The topological polar surface area (TPSA) is 78.9 Å². The fraction of sp³-hybridized carbons (Fsp3) is 0.500. The van der Waals surface area contributed by atoms with Crippen molar-refractivity contribution in [1.82, 2.24) is 0 Å². The van der Waals surface area contributed by atoms with Crippen LogP contribution in [-0.4, -0.2) is 32.2 Å². The van der Waals surface area contributed by atoms with E-state index in [1.807, 2.05) is 27.7 Å². The van der Waals surface area contributed by atoms with E-state index in [9.17, 15) is 13.2 Å². The number of Topliss-reactive ketones (excluding diaryl/α,β-unsaturated/α-hetero) is 1. The van der Waals surface area contributed by atoms with Crippen LogP contribution in [-0.2, 0) is 41.4 Å². The van der Waals surface area contributed by atoms with Crippen LogP contribution in [0.25, 0.3) is 5.57 Å². The van der Waals surface area contributed by atoms with E-state index in [4.69, 9.17) is 13.7 Å². The lowest BCUT2D eigenvalue weighted by atomic mass is 9.86. The summed E-state index contributed by atoms with van der Waals surface area (Å²) in [6.45, 7) is 12.2. The van der Waals surface area contributed by atoms with Gasteiger partial charge in [-0.3, -0.25) is 4.79 Å². The van der Waals surface area contributed by atoms with Crippen molar-refractivity contribution in [1.29, 1.82) is 0 Å². The molecule has 3 aliphatic rings. The van der Waals surface area contributed by atoms with Crippen molar-refractivity contribution < 1.29 is 26.9 Å². The van der Waals surface area contributed by atoms with E-state index in [0.717, 1.165) is 40.7 Å². The van der Waals surface area contributed by atoms with E-state index in [1.165, 1.54) is 0 Å². The van der Waals surface area contributed by atoms with Crippen molar-refractivity contribution in [2.24, 2.45) is 11.8 Å². The van der Waals surface area contributed by atoms with Crippen molar-refractivity contribution >= 4 is 21.5 Å². The molecule has 0 aromatic heterocycles. The Morgan fingerprint density at radius 2 is 1.54 bits per heavy atom. The van der Waals surface area contributed by atoms with Crippen LogP contribution >= 0.6 is 0 Å². The number of benzene rings is 2. The largest absolute Gasteiger partial charge is 0.382 e. The van der Waals surface area contributed by atoms with Crippen LogP contribution in [0.2, 0.25) is 0 Å². The van der Waals surface area contributed by atoms with E-state index in [1.54, 1.807) is 24.3 Å². The maximum absolute atomic E-state index is 14.2. The number of ether oxygens (including phenoxy) is 2. The second-order valence-corrected chi connectivity index (χ2v) is 12.8. The fourth-order valence-electron chi connectivity index (χ4n) is 6.34. The molecule has 1 aliphatic heterocycles. The van der Waals surface area contributed by atoms with Crippen molar-refractivity contribution in [2.75, 3.05) is 6.61 Å². The Hall–Kier alpha value is -2.48. The van der Waals surface area contributed by atoms with Gasteiger partial charge in [0.15, 0.2) is 11.6 Å². The standard InChI is InChI=1S/C30H36O6S/c1-7-20-13-19(4)14-21(8-2)25(20)26-27(31)23-15-30(17-34-29(5,6)36-30)16-24(23)28(26)35-37(32,33)22-11-9-18(3)10-12-22/h9-14,23-24H,7-8,15-17H2,1-6H3/t23?,24?,30-/m1/s1. The molecule has 198 valence electrons. The Labute approximate surface area is 220 Å². The van der Waals surface area contributed by atoms with Crippen molar-refractivity contribution in [3.8, 4) is 0 Å². The molecule has 1 saturated heterocycles. The molecular formula is C30H36O6S. The zero-order valence-electron chi connectivity index (χ0n) is 22.5. The van der Waals surface area contributed by atoms with Crippen LogP contribution in [0.15, 0.2) is 47.1 Å². The summed E-state index contributed by atoms with van der Waals surface area (Å²) in [5.41, 5.74) is 4.77. The molecule has 2 aliphatic carbocycles. The summed E-state index contributed by atoms with van der Waals surface area (Å²) in [5.74, 6) is -1.35. The second kappa shape index (κ2) is 9.07. The van der Waals surface area contributed by atoms with Gasteiger partial charge in [-0.2, -0.15) is 8.42 Å². The molecule has 2 aromatic carbocycles. The molecule has 2 fully saturated rings. The minimum absolute atomic E-state index is 0.0578. The lowest BCUT2D eigenvalue weighted by Gasteiger charge is -2.26. The molecule has 2 unspecified atom stereocenters. The highest BCUT2D eigenvalue weighted by atomic mass is 32.2. The van der Waals surface area contributed by atoms with Gasteiger partial charge in [0.05, 0.1) is 17.8 Å². The molecule has 0 amide bonds. The van der Waals surface area contributed by atoms with E-state index < -0.39 is 33.3 Å². The lowest BCUT2D eigenvalue weighted by molar-refractivity contribution is -0.161. The highest BCUT2D eigenvalue weighted by Crippen LogP contribution is 2.57. The van der Waals surface area contributed by atoms with Gasteiger partial charge in [-0.1, -0.05) is 49.2 Å². The van der Waals surface area contributed by atoms with E-state index >= 15 is 0 Å². The fourth-order valence-corrected chi connectivity index (χ4v) is 7.35. The number of ketones is 1. The number of allylic oxidation sites excluding steroid dienone is 2. The molecule has 1 heterocycles. The van der Waals surface area contributed by atoms with Gasteiger partial charge < -0.3 is 13.7 Å².